The van der Waals surface area contributed by atoms with Crippen molar-refractivity contribution in [2.45, 2.75) is 120 Å². The maximum absolute atomic E-state index is 4.55. The summed E-state index contributed by atoms with van der Waals surface area (Å²) in [6, 6.07) is 1.74. The first-order valence-electron chi connectivity index (χ1n) is 9.52. The van der Waals surface area contributed by atoms with E-state index in [1.807, 2.05) is 0 Å². The predicted octanol–water partition coefficient (Wildman–Crippen LogP) is 7.41. The van der Waals surface area contributed by atoms with E-state index in [9.17, 15) is 0 Å². The zero-order valence-corrected chi connectivity index (χ0v) is 21.2. The van der Waals surface area contributed by atoms with E-state index < -0.39 is 0 Å². The summed E-state index contributed by atoms with van der Waals surface area (Å²) in [5, 5.41) is 9.10. The van der Waals surface area contributed by atoms with Crippen molar-refractivity contribution in [1.82, 2.24) is 0 Å². The van der Waals surface area contributed by atoms with Gasteiger partial charge < -0.3 is 16.6 Å². The molecule has 0 amide bonds. The van der Waals surface area contributed by atoms with E-state index in [-0.39, 0.29) is 24.4 Å². The quantitative estimate of drug-likeness (QED) is 0.294. The SMILES string of the molecule is CC(C)[N-]C([N-]C(C)C)C(C)C.CC(C)[N]=[Mo]=[N]C(C)C.C[C-](C)C. The minimum atomic E-state index is -0.364. The molecule has 0 saturated heterocycles. The molecule has 0 spiro atoms. The molecule has 0 rings (SSSR count). The third kappa shape index (κ3) is 36.0. The zero-order chi connectivity index (χ0) is 20.6. The second kappa shape index (κ2) is 19.0. The van der Waals surface area contributed by atoms with E-state index >= 15 is 0 Å². The van der Waals surface area contributed by atoms with Crippen LogP contribution in [0.25, 0.3) is 10.6 Å². The van der Waals surface area contributed by atoms with Gasteiger partial charge in [-0.05, 0) is 0 Å². The largest absolute Gasteiger partial charge is 0.323 e. The molecule has 0 fully saturated rings. The van der Waals surface area contributed by atoms with Crippen molar-refractivity contribution in [1.29, 1.82) is 0 Å². The van der Waals surface area contributed by atoms with E-state index in [2.05, 4.69) is 108 Å². The maximum Gasteiger partial charge on any atom is -0.189 e. The molecule has 0 bridgehead atoms. The fourth-order valence-electron chi connectivity index (χ4n) is 1.21. The Bertz CT molecular complexity index is 306. The number of hydrogen-bond donors (Lipinski definition) is 0. The molecule has 25 heavy (non-hydrogen) atoms. The molecule has 0 aliphatic carbocycles. The molecule has 154 valence electrons. The first-order chi connectivity index (χ1) is 11.3. The summed E-state index contributed by atoms with van der Waals surface area (Å²) in [6.07, 6.45) is 0.185. The molecule has 0 aromatic heterocycles. The summed E-state index contributed by atoms with van der Waals surface area (Å²) in [4.78, 5) is 0. The smallest absolute Gasteiger partial charge is 0.189 e. The van der Waals surface area contributed by atoms with Crippen molar-refractivity contribution in [3.8, 4) is 0 Å². The Balaban J connectivity index is -0.000000328. The van der Waals surface area contributed by atoms with Crippen molar-refractivity contribution in [3.05, 3.63) is 16.6 Å². The third-order valence-electron chi connectivity index (χ3n) is 2.01. The molecule has 0 heterocycles. The maximum atomic E-state index is 4.55. The van der Waals surface area contributed by atoms with Gasteiger partial charge in [0.05, 0.1) is 0 Å². The second-order valence-electron chi connectivity index (χ2n) is 8.12. The molecule has 0 aromatic rings. The van der Waals surface area contributed by atoms with Crippen LogP contribution in [0.15, 0.2) is 6.99 Å². The molecule has 0 radical (unpaired) electrons. The Morgan fingerprint density at radius 2 is 0.920 bits per heavy atom. The summed E-state index contributed by atoms with van der Waals surface area (Å²) in [5.74, 6) is 1.94. The first kappa shape index (κ1) is 30.0. The van der Waals surface area contributed by atoms with Gasteiger partial charge in [-0.15, -0.1) is 12.1 Å². The third-order valence-corrected chi connectivity index (χ3v) is 4.55. The summed E-state index contributed by atoms with van der Waals surface area (Å²) >= 11 is -0.364. The van der Waals surface area contributed by atoms with Gasteiger partial charge in [-0.2, -0.15) is 20.8 Å². The Labute approximate surface area is 168 Å². The second-order valence-corrected chi connectivity index (χ2v) is 9.56. The molecule has 0 atom stereocenters. The van der Waals surface area contributed by atoms with Crippen LogP contribution < -0.4 is 0 Å². The molecule has 0 saturated carbocycles. The topological polar surface area (TPSA) is 52.9 Å². The van der Waals surface area contributed by atoms with E-state index in [4.69, 9.17) is 0 Å². The van der Waals surface area contributed by atoms with Crippen LogP contribution in [0.2, 0.25) is 0 Å². The van der Waals surface area contributed by atoms with E-state index in [0.29, 0.717) is 30.1 Å². The van der Waals surface area contributed by atoms with Crippen LogP contribution in [0, 0.1) is 11.8 Å². The average molecular weight is 438 g/mol. The summed E-state index contributed by atoms with van der Waals surface area (Å²) in [6.45, 7) is 27.4. The van der Waals surface area contributed by atoms with Crippen LogP contribution in [-0.4, -0.2) is 30.3 Å². The van der Waals surface area contributed by atoms with Gasteiger partial charge in [0.25, 0.3) is 0 Å². The standard InChI is InChI=1S/C10H22N2.C4H9.2C3H7N.Mo/c1-7(2)10(11-8(3)4)12-9(5)6;1-4(2)3;2*1-3(2)4;/h7-10H,1-6H3;1-3H3;2*3H,1-2H3;/q-2;-1;;;. The van der Waals surface area contributed by atoms with Crippen molar-refractivity contribution < 1.29 is 18.2 Å². The fraction of sp³-hybridized carbons (Fsp3) is 0.950. The van der Waals surface area contributed by atoms with Crippen LogP contribution >= 0.6 is 0 Å². The van der Waals surface area contributed by atoms with Crippen LogP contribution in [0.4, 0.5) is 0 Å². The molecule has 0 aromatic carbocycles. The van der Waals surface area contributed by atoms with Crippen LogP contribution in [0.3, 0.4) is 0 Å². The van der Waals surface area contributed by atoms with Gasteiger partial charge in [0.2, 0.25) is 0 Å². The number of hydrogen-bond acceptors (Lipinski definition) is 2. The van der Waals surface area contributed by atoms with Crippen LogP contribution in [0.5, 0.6) is 0 Å². The normalized spacial score (nSPS) is 11.0. The van der Waals surface area contributed by atoms with Crippen LogP contribution in [-0.2, 0) is 18.2 Å². The van der Waals surface area contributed by atoms with Crippen LogP contribution in [0.1, 0.15) is 90.0 Å². The number of rotatable bonds is 7. The molecule has 4 nitrogen and oxygen atoms in total. The van der Waals surface area contributed by atoms with Gasteiger partial charge in [0, 0.05) is 0 Å². The summed E-state index contributed by atoms with van der Waals surface area (Å²) in [7, 11) is 0. The van der Waals surface area contributed by atoms with Gasteiger partial charge >= 0.3 is 65.0 Å². The van der Waals surface area contributed by atoms with Crippen molar-refractivity contribution in [2.24, 2.45) is 12.9 Å². The fourth-order valence-corrected chi connectivity index (χ4v) is 2.27. The molecule has 0 aliphatic rings. The van der Waals surface area contributed by atoms with E-state index in [0.717, 1.165) is 0 Å². The van der Waals surface area contributed by atoms with Gasteiger partial charge in [-0.1, -0.05) is 47.5 Å². The molecule has 0 aliphatic heterocycles. The Morgan fingerprint density at radius 3 is 1.08 bits per heavy atom. The molecule has 0 N–H and O–H groups in total. The van der Waals surface area contributed by atoms with Gasteiger partial charge in [0.1, 0.15) is 0 Å². The van der Waals surface area contributed by atoms with Gasteiger partial charge in [0.15, 0.2) is 0 Å². The summed E-state index contributed by atoms with van der Waals surface area (Å²) < 4.78 is 8.66. The summed E-state index contributed by atoms with van der Waals surface area (Å²) in [5.41, 5.74) is 0. The van der Waals surface area contributed by atoms with Crippen molar-refractivity contribution in [3.63, 3.8) is 0 Å². The van der Waals surface area contributed by atoms with E-state index in [1.54, 1.807) is 0 Å². The minimum absolute atomic E-state index is 0.185. The molecular formula is C20H45MoN4-3. The number of nitrogens with zero attached hydrogens (tertiary/aromatic N) is 4. The Morgan fingerprint density at radius 1 is 0.640 bits per heavy atom. The average Bonchev–Trinajstić information content (AvgIpc) is 2.35. The molecular weight excluding hydrogens is 392 g/mol. The zero-order valence-electron chi connectivity index (χ0n) is 19.2. The minimum Gasteiger partial charge on any atom is -0.323 e. The van der Waals surface area contributed by atoms with Crippen molar-refractivity contribution >= 4 is 0 Å². The Kier molecular flexibility index (Phi) is 22.7. The van der Waals surface area contributed by atoms with Crippen molar-refractivity contribution in [2.75, 3.05) is 0 Å². The Hall–Kier alpha value is 0.208. The first-order valence-corrected chi connectivity index (χ1v) is 11.3. The van der Waals surface area contributed by atoms with Gasteiger partial charge in [-0.3, -0.25) is 0 Å². The monoisotopic (exact) mass is 439 g/mol. The molecule has 5 heteroatoms. The molecule has 0 unspecified atom stereocenters. The van der Waals surface area contributed by atoms with Gasteiger partial charge in [-0.25, -0.2) is 6.17 Å². The predicted molar refractivity (Wildman–Crippen MR) is 111 cm³/mol. The van der Waals surface area contributed by atoms with E-state index in [1.165, 1.54) is 5.92 Å².